The van der Waals surface area contributed by atoms with Crippen molar-refractivity contribution in [3.8, 4) is 5.69 Å². The molecule has 1 saturated heterocycles. The first-order valence-electron chi connectivity index (χ1n) is 12.2. The normalized spacial score (nSPS) is 16.3. The molecule has 5 nitrogen and oxygen atoms in total. The van der Waals surface area contributed by atoms with Gasteiger partial charge >= 0.3 is 0 Å². The SMILES string of the molecule is CC.Cc1c(F)ccc(-n2nc(C)c3cc(N4CCN(C)CC4Cc4ccccc4)ncc32)c1F. The molecule has 2 aromatic heterocycles. The Labute approximate surface area is 206 Å². The average Bonchev–Trinajstić information content (AvgIpc) is 3.20. The van der Waals surface area contributed by atoms with Crippen molar-refractivity contribution < 1.29 is 8.78 Å². The Morgan fingerprint density at radius 3 is 2.49 bits per heavy atom. The van der Waals surface area contributed by atoms with Crippen LogP contribution in [0, 0.1) is 25.5 Å². The summed E-state index contributed by atoms with van der Waals surface area (Å²) in [6.45, 7) is 10.1. The van der Waals surface area contributed by atoms with Gasteiger partial charge in [0, 0.05) is 36.6 Å². The van der Waals surface area contributed by atoms with Crippen LogP contribution in [-0.4, -0.2) is 52.4 Å². The van der Waals surface area contributed by atoms with Crippen molar-refractivity contribution in [1.82, 2.24) is 19.7 Å². The highest BCUT2D eigenvalue weighted by Gasteiger charge is 2.27. The van der Waals surface area contributed by atoms with Gasteiger partial charge in [-0.25, -0.2) is 18.4 Å². The number of fused-ring (bicyclic) bond motifs is 1. The first kappa shape index (κ1) is 24.8. The van der Waals surface area contributed by atoms with Crippen LogP contribution in [0.15, 0.2) is 54.7 Å². The van der Waals surface area contributed by atoms with E-state index in [1.54, 1.807) is 6.20 Å². The third-order valence-corrected chi connectivity index (χ3v) is 6.56. The first-order chi connectivity index (χ1) is 16.9. The average molecular weight is 478 g/mol. The maximum absolute atomic E-state index is 14.8. The minimum absolute atomic E-state index is 0.0143. The van der Waals surface area contributed by atoms with Gasteiger partial charge in [0.15, 0.2) is 5.82 Å². The molecule has 1 aliphatic heterocycles. The Bertz CT molecular complexity index is 1300. The Morgan fingerprint density at radius 1 is 1.00 bits per heavy atom. The fraction of sp³-hybridized carbons (Fsp3) is 0.357. The topological polar surface area (TPSA) is 37.2 Å². The van der Waals surface area contributed by atoms with Crippen LogP contribution >= 0.6 is 0 Å². The second kappa shape index (κ2) is 10.5. The summed E-state index contributed by atoms with van der Waals surface area (Å²) in [6.07, 6.45) is 2.68. The number of aromatic nitrogens is 3. The molecule has 2 aromatic carbocycles. The lowest BCUT2D eigenvalue weighted by atomic mass is 10.0. The first-order valence-corrected chi connectivity index (χ1v) is 12.2. The molecule has 7 heteroatoms. The number of aryl methyl sites for hydroxylation is 1. The van der Waals surface area contributed by atoms with Crippen LogP contribution < -0.4 is 4.90 Å². The van der Waals surface area contributed by atoms with Crippen molar-refractivity contribution in [3.05, 3.63) is 83.2 Å². The smallest absolute Gasteiger partial charge is 0.154 e. The number of likely N-dealkylation sites (N-methyl/N-ethyl adjacent to an activating group) is 1. The number of pyridine rings is 1. The van der Waals surface area contributed by atoms with Crippen molar-refractivity contribution in [2.45, 2.75) is 40.2 Å². The lowest BCUT2D eigenvalue weighted by Gasteiger charge is -2.41. The van der Waals surface area contributed by atoms with Gasteiger partial charge in [0.1, 0.15) is 17.3 Å². The third-order valence-electron chi connectivity index (χ3n) is 6.56. The number of nitrogens with zero attached hydrogens (tertiary/aromatic N) is 5. The van der Waals surface area contributed by atoms with Gasteiger partial charge in [-0.15, -0.1) is 0 Å². The van der Waals surface area contributed by atoms with Gasteiger partial charge in [-0.2, -0.15) is 5.10 Å². The summed E-state index contributed by atoms with van der Waals surface area (Å²) in [5.41, 5.74) is 3.00. The van der Waals surface area contributed by atoms with Gasteiger partial charge in [-0.1, -0.05) is 44.2 Å². The molecule has 1 unspecified atom stereocenters. The second-order valence-electron chi connectivity index (χ2n) is 8.86. The van der Waals surface area contributed by atoms with Crippen molar-refractivity contribution in [1.29, 1.82) is 0 Å². The van der Waals surface area contributed by atoms with Crippen molar-refractivity contribution >= 4 is 16.7 Å². The van der Waals surface area contributed by atoms with Crippen molar-refractivity contribution in [2.75, 3.05) is 31.6 Å². The fourth-order valence-electron chi connectivity index (χ4n) is 4.68. The van der Waals surface area contributed by atoms with Crippen LogP contribution in [0.3, 0.4) is 0 Å². The minimum Gasteiger partial charge on any atom is -0.351 e. The molecule has 0 spiro atoms. The monoisotopic (exact) mass is 477 g/mol. The van der Waals surface area contributed by atoms with Gasteiger partial charge in [0.05, 0.1) is 17.4 Å². The van der Waals surface area contributed by atoms with Crippen LogP contribution in [-0.2, 0) is 6.42 Å². The number of piperazine rings is 1. The molecule has 3 heterocycles. The molecule has 0 saturated carbocycles. The van der Waals surface area contributed by atoms with E-state index in [0.717, 1.165) is 43.0 Å². The highest BCUT2D eigenvalue weighted by atomic mass is 19.1. The summed E-state index contributed by atoms with van der Waals surface area (Å²) < 4.78 is 30.1. The van der Waals surface area contributed by atoms with E-state index < -0.39 is 11.6 Å². The largest absolute Gasteiger partial charge is 0.351 e. The molecule has 0 aliphatic carbocycles. The number of hydrogen-bond donors (Lipinski definition) is 0. The zero-order valence-corrected chi connectivity index (χ0v) is 21.1. The standard InChI is InChI=1S/C26H27F2N5.C2H6/c1-17-22(27)9-10-23(26(17)28)33-24-15-29-25(14-21(24)18(2)30-33)32-12-11-31(3)16-20(32)13-19-7-5-4-6-8-19;1-2/h4-10,14-15,20H,11-13,16H2,1-3H3;1-2H3. The third kappa shape index (κ3) is 4.91. The van der Waals surface area contributed by atoms with Crippen molar-refractivity contribution in [3.63, 3.8) is 0 Å². The lowest BCUT2D eigenvalue weighted by molar-refractivity contribution is 0.265. The number of anilines is 1. The van der Waals surface area contributed by atoms with Crippen LogP contribution in [0.5, 0.6) is 0 Å². The number of hydrogen-bond acceptors (Lipinski definition) is 4. The number of halogens is 2. The fourth-order valence-corrected chi connectivity index (χ4v) is 4.68. The van der Waals surface area contributed by atoms with E-state index in [0.29, 0.717) is 11.6 Å². The molecule has 35 heavy (non-hydrogen) atoms. The van der Waals surface area contributed by atoms with E-state index in [9.17, 15) is 8.78 Å². The molecule has 0 amide bonds. The number of rotatable bonds is 4. The second-order valence-corrected chi connectivity index (χ2v) is 8.86. The van der Waals surface area contributed by atoms with Crippen LogP contribution in [0.2, 0.25) is 0 Å². The molecule has 1 atom stereocenters. The van der Waals surface area contributed by atoms with E-state index in [4.69, 9.17) is 4.98 Å². The number of benzene rings is 2. The lowest BCUT2D eigenvalue weighted by Crippen LogP contribution is -2.53. The molecule has 0 N–H and O–H groups in total. The molecule has 184 valence electrons. The maximum atomic E-state index is 14.8. The molecular weight excluding hydrogens is 444 g/mol. The van der Waals surface area contributed by atoms with Crippen LogP contribution in [0.4, 0.5) is 14.6 Å². The molecule has 1 fully saturated rings. The van der Waals surface area contributed by atoms with E-state index in [1.807, 2.05) is 32.9 Å². The molecule has 0 bridgehead atoms. The molecule has 5 rings (SSSR count). The van der Waals surface area contributed by atoms with E-state index in [2.05, 4.69) is 46.2 Å². The van der Waals surface area contributed by atoms with Crippen molar-refractivity contribution in [2.24, 2.45) is 0 Å². The predicted octanol–water partition coefficient (Wildman–Crippen LogP) is 5.70. The van der Waals surface area contributed by atoms with Gasteiger partial charge in [-0.3, -0.25) is 0 Å². The Morgan fingerprint density at radius 2 is 1.74 bits per heavy atom. The van der Waals surface area contributed by atoms with E-state index in [1.165, 1.54) is 29.3 Å². The van der Waals surface area contributed by atoms with E-state index >= 15 is 0 Å². The zero-order valence-electron chi connectivity index (χ0n) is 21.1. The summed E-state index contributed by atoms with van der Waals surface area (Å²) in [5, 5.41) is 5.48. The van der Waals surface area contributed by atoms with E-state index in [-0.39, 0.29) is 11.3 Å². The van der Waals surface area contributed by atoms with Crippen LogP contribution in [0.1, 0.15) is 30.7 Å². The summed E-state index contributed by atoms with van der Waals surface area (Å²) in [6, 6.07) is 15.6. The highest BCUT2D eigenvalue weighted by Crippen LogP contribution is 2.29. The predicted molar refractivity (Wildman–Crippen MR) is 138 cm³/mol. The zero-order chi connectivity index (χ0) is 25.1. The summed E-state index contributed by atoms with van der Waals surface area (Å²) in [5.74, 6) is -0.273. The summed E-state index contributed by atoms with van der Waals surface area (Å²) in [7, 11) is 2.15. The Balaban J connectivity index is 0.00000141. The molecule has 0 radical (unpaired) electrons. The maximum Gasteiger partial charge on any atom is 0.154 e. The van der Waals surface area contributed by atoms with Gasteiger partial charge in [0.25, 0.3) is 0 Å². The van der Waals surface area contributed by atoms with Gasteiger partial charge in [-0.05, 0) is 51.1 Å². The Kier molecular flexibility index (Phi) is 7.45. The minimum atomic E-state index is -0.606. The summed E-state index contributed by atoms with van der Waals surface area (Å²) >= 11 is 0. The molecular formula is C28H33F2N5. The quantitative estimate of drug-likeness (QED) is 0.378. The van der Waals surface area contributed by atoms with Crippen LogP contribution in [0.25, 0.3) is 16.6 Å². The molecule has 4 aromatic rings. The van der Waals surface area contributed by atoms with Gasteiger partial charge in [0.2, 0.25) is 0 Å². The summed E-state index contributed by atoms with van der Waals surface area (Å²) in [4.78, 5) is 9.49. The van der Waals surface area contributed by atoms with Gasteiger partial charge < -0.3 is 9.80 Å². The molecule has 1 aliphatic rings. The highest BCUT2D eigenvalue weighted by molar-refractivity contribution is 5.85. The Hall–Kier alpha value is -3.32.